The summed E-state index contributed by atoms with van der Waals surface area (Å²) >= 11 is 12.4. The van der Waals surface area contributed by atoms with E-state index in [4.69, 9.17) is 23.2 Å². The molecule has 0 heterocycles. The molecule has 18 heavy (non-hydrogen) atoms. The third kappa shape index (κ3) is 2.69. The Morgan fingerprint density at radius 1 is 1.00 bits per heavy atom. The second-order valence-corrected chi connectivity index (χ2v) is 5.09. The molecule has 94 valence electrons. The van der Waals surface area contributed by atoms with E-state index in [0.29, 0.717) is 0 Å². The second kappa shape index (κ2) is 5.75. The Morgan fingerprint density at radius 3 is 2.39 bits per heavy atom. The molecule has 2 aromatic carbocycles. The van der Waals surface area contributed by atoms with Crippen LogP contribution < -0.4 is 5.32 Å². The first-order chi connectivity index (χ1) is 8.63. The van der Waals surface area contributed by atoms with Crippen LogP contribution in [0.25, 0.3) is 0 Å². The molecular weight excluding hydrogens is 265 g/mol. The third-order valence-electron chi connectivity index (χ3n) is 3.06. The zero-order valence-corrected chi connectivity index (χ0v) is 11.9. The molecule has 1 nitrogen and oxygen atoms in total. The Labute approximate surface area is 118 Å². The summed E-state index contributed by atoms with van der Waals surface area (Å²) in [5.41, 5.74) is 3.41. The van der Waals surface area contributed by atoms with Crippen molar-refractivity contribution in [2.45, 2.75) is 13.0 Å². The predicted molar refractivity (Wildman–Crippen MR) is 78.5 cm³/mol. The molecule has 0 aliphatic rings. The summed E-state index contributed by atoms with van der Waals surface area (Å²) < 4.78 is 0. The summed E-state index contributed by atoms with van der Waals surface area (Å²) in [6.45, 7) is 2.08. The molecule has 0 radical (unpaired) electrons. The van der Waals surface area contributed by atoms with Crippen molar-refractivity contribution < 1.29 is 0 Å². The van der Waals surface area contributed by atoms with Crippen LogP contribution in [-0.4, -0.2) is 7.05 Å². The first kappa shape index (κ1) is 13.4. The van der Waals surface area contributed by atoms with Gasteiger partial charge < -0.3 is 5.32 Å². The maximum absolute atomic E-state index is 6.27. The molecule has 2 rings (SSSR count). The first-order valence-electron chi connectivity index (χ1n) is 5.81. The smallest absolute Gasteiger partial charge is 0.0592 e. The number of hydrogen-bond donors (Lipinski definition) is 1. The third-order valence-corrected chi connectivity index (χ3v) is 3.64. The van der Waals surface area contributed by atoms with Gasteiger partial charge in [0.05, 0.1) is 6.04 Å². The van der Waals surface area contributed by atoms with E-state index < -0.39 is 0 Å². The van der Waals surface area contributed by atoms with Crippen LogP contribution in [0.15, 0.2) is 42.5 Å². The highest BCUT2D eigenvalue weighted by Gasteiger charge is 2.16. The maximum Gasteiger partial charge on any atom is 0.0592 e. The molecule has 1 atom stereocenters. The van der Waals surface area contributed by atoms with Crippen LogP contribution >= 0.6 is 23.2 Å². The molecule has 0 aliphatic heterocycles. The Kier molecular flexibility index (Phi) is 4.28. The van der Waals surface area contributed by atoms with E-state index >= 15 is 0 Å². The monoisotopic (exact) mass is 279 g/mol. The number of halogens is 2. The Morgan fingerprint density at radius 2 is 1.72 bits per heavy atom. The van der Waals surface area contributed by atoms with Crippen LogP contribution in [0.5, 0.6) is 0 Å². The van der Waals surface area contributed by atoms with Gasteiger partial charge in [-0.15, -0.1) is 0 Å². The molecule has 0 aliphatic carbocycles. The van der Waals surface area contributed by atoms with Crippen LogP contribution in [0.1, 0.15) is 22.7 Å². The lowest BCUT2D eigenvalue weighted by Crippen LogP contribution is -2.19. The lowest BCUT2D eigenvalue weighted by Gasteiger charge is -2.20. The van der Waals surface area contributed by atoms with E-state index in [1.165, 1.54) is 5.56 Å². The van der Waals surface area contributed by atoms with Crippen LogP contribution in [0.4, 0.5) is 0 Å². The molecule has 1 unspecified atom stereocenters. The van der Waals surface area contributed by atoms with Gasteiger partial charge in [-0.05, 0) is 48.9 Å². The number of hydrogen-bond acceptors (Lipinski definition) is 1. The summed E-state index contributed by atoms with van der Waals surface area (Å²) in [6.07, 6.45) is 0. The standard InChI is InChI=1S/C15H15Cl2N/c1-10-7-8-11(16)9-13(10)15(18-2)12-5-3-4-6-14(12)17/h3-9,15,18H,1-2H3. The fraction of sp³-hybridized carbons (Fsp3) is 0.200. The van der Waals surface area contributed by atoms with Gasteiger partial charge in [0, 0.05) is 10.0 Å². The van der Waals surface area contributed by atoms with Gasteiger partial charge in [-0.2, -0.15) is 0 Å². The first-order valence-corrected chi connectivity index (χ1v) is 6.57. The minimum Gasteiger partial charge on any atom is -0.309 e. The lowest BCUT2D eigenvalue weighted by atomic mass is 9.95. The minimum absolute atomic E-state index is 0.0531. The van der Waals surface area contributed by atoms with Crippen molar-refractivity contribution in [3.63, 3.8) is 0 Å². The second-order valence-electron chi connectivity index (χ2n) is 4.24. The van der Waals surface area contributed by atoms with Crippen LogP contribution in [0.3, 0.4) is 0 Å². The normalized spacial score (nSPS) is 12.4. The van der Waals surface area contributed by atoms with Gasteiger partial charge in [-0.3, -0.25) is 0 Å². The highest BCUT2D eigenvalue weighted by molar-refractivity contribution is 6.31. The van der Waals surface area contributed by atoms with Gasteiger partial charge in [-0.1, -0.05) is 47.5 Å². The average Bonchev–Trinajstić information content (AvgIpc) is 2.36. The quantitative estimate of drug-likeness (QED) is 0.865. The Hall–Kier alpha value is -1.02. The molecule has 3 heteroatoms. The predicted octanol–water partition coefficient (Wildman–Crippen LogP) is 4.61. The van der Waals surface area contributed by atoms with E-state index in [9.17, 15) is 0 Å². The molecule has 0 spiro atoms. The zero-order chi connectivity index (χ0) is 13.1. The topological polar surface area (TPSA) is 12.0 Å². The zero-order valence-electron chi connectivity index (χ0n) is 10.4. The van der Waals surface area contributed by atoms with Gasteiger partial charge in [0.2, 0.25) is 0 Å². The molecule has 0 amide bonds. The molecule has 0 bridgehead atoms. The van der Waals surface area contributed by atoms with Gasteiger partial charge in [-0.25, -0.2) is 0 Å². The Bertz CT molecular complexity index is 552. The summed E-state index contributed by atoms with van der Waals surface area (Å²) in [5.74, 6) is 0. The Balaban J connectivity index is 2.52. The van der Waals surface area contributed by atoms with Crippen molar-refractivity contribution in [2.75, 3.05) is 7.05 Å². The molecule has 0 fully saturated rings. The van der Waals surface area contributed by atoms with Crippen molar-refractivity contribution in [3.8, 4) is 0 Å². The van der Waals surface area contributed by atoms with Gasteiger partial charge >= 0.3 is 0 Å². The van der Waals surface area contributed by atoms with E-state index in [1.807, 2.05) is 49.5 Å². The number of benzene rings is 2. The largest absolute Gasteiger partial charge is 0.309 e. The number of aryl methyl sites for hydroxylation is 1. The highest BCUT2D eigenvalue weighted by Crippen LogP contribution is 2.31. The van der Waals surface area contributed by atoms with Crippen molar-refractivity contribution in [2.24, 2.45) is 0 Å². The molecular formula is C15H15Cl2N. The SMILES string of the molecule is CNC(c1cc(Cl)ccc1C)c1ccccc1Cl. The van der Waals surface area contributed by atoms with E-state index in [2.05, 4.69) is 12.2 Å². The van der Waals surface area contributed by atoms with Crippen molar-refractivity contribution in [1.82, 2.24) is 5.32 Å². The van der Waals surface area contributed by atoms with Crippen molar-refractivity contribution >= 4 is 23.2 Å². The summed E-state index contributed by atoms with van der Waals surface area (Å²) in [6, 6.07) is 13.8. The van der Waals surface area contributed by atoms with Gasteiger partial charge in [0.25, 0.3) is 0 Å². The molecule has 0 saturated heterocycles. The van der Waals surface area contributed by atoms with E-state index in [1.54, 1.807) is 0 Å². The van der Waals surface area contributed by atoms with E-state index in [-0.39, 0.29) is 6.04 Å². The van der Waals surface area contributed by atoms with Gasteiger partial charge in [0.15, 0.2) is 0 Å². The fourth-order valence-electron chi connectivity index (χ4n) is 2.11. The molecule has 2 aromatic rings. The van der Waals surface area contributed by atoms with Crippen LogP contribution in [0.2, 0.25) is 10.0 Å². The fourth-order valence-corrected chi connectivity index (χ4v) is 2.54. The number of nitrogens with one attached hydrogen (secondary N) is 1. The summed E-state index contributed by atoms with van der Waals surface area (Å²) in [7, 11) is 1.92. The number of rotatable bonds is 3. The van der Waals surface area contributed by atoms with Crippen LogP contribution in [-0.2, 0) is 0 Å². The highest BCUT2D eigenvalue weighted by atomic mass is 35.5. The van der Waals surface area contributed by atoms with Gasteiger partial charge in [0.1, 0.15) is 0 Å². The molecule has 0 aromatic heterocycles. The summed E-state index contributed by atoms with van der Waals surface area (Å²) in [4.78, 5) is 0. The molecule has 0 saturated carbocycles. The maximum atomic E-state index is 6.27. The van der Waals surface area contributed by atoms with Crippen LogP contribution in [0, 0.1) is 6.92 Å². The lowest BCUT2D eigenvalue weighted by molar-refractivity contribution is 0.688. The molecule has 1 N–H and O–H groups in total. The van der Waals surface area contributed by atoms with Crippen molar-refractivity contribution in [3.05, 3.63) is 69.2 Å². The minimum atomic E-state index is 0.0531. The van der Waals surface area contributed by atoms with E-state index in [0.717, 1.165) is 21.2 Å². The van der Waals surface area contributed by atoms with Crippen molar-refractivity contribution in [1.29, 1.82) is 0 Å². The summed E-state index contributed by atoms with van der Waals surface area (Å²) in [5, 5.41) is 4.80. The average molecular weight is 280 g/mol.